The van der Waals surface area contributed by atoms with Gasteiger partial charge in [-0.25, -0.2) is 0 Å². The lowest BCUT2D eigenvalue weighted by Crippen LogP contribution is -2.63. The third kappa shape index (κ3) is 3.86. The summed E-state index contributed by atoms with van der Waals surface area (Å²) in [5, 5.41) is 49.9. The van der Waals surface area contributed by atoms with Crippen molar-refractivity contribution in [3.63, 3.8) is 0 Å². The summed E-state index contributed by atoms with van der Waals surface area (Å²) in [7, 11) is 0. The molecule has 0 aromatic carbocycles. The fourth-order valence-electron chi connectivity index (χ4n) is 2.76. The molecule has 0 amide bonds. The standard InChI is InChI=1S/C14H24O10/c1-4-7(16)9(18)12(13(20)21-4)24-14-10(19)11(23-6(3)15)8(17)5(2)22-14/h4-5,7-14,16-20H,1-3H3/t4-,5+,7+,8+,9+,10-,11-,12-,13-,14+/m1/s1. The van der Waals surface area contributed by atoms with Crippen molar-refractivity contribution in [2.24, 2.45) is 0 Å². The van der Waals surface area contributed by atoms with E-state index in [2.05, 4.69) is 0 Å². The maximum atomic E-state index is 11.1. The topological polar surface area (TPSA) is 155 Å². The molecule has 0 radical (unpaired) electrons. The third-order valence-corrected chi connectivity index (χ3v) is 4.18. The summed E-state index contributed by atoms with van der Waals surface area (Å²) in [5.74, 6) is -0.712. The molecule has 0 aromatic heterocycles. The van der Waals surface area contributed by atoms with Crippen LogP contribution < -0.4 is 0 Å². The second-order valence-electron chi connectivity index (χ2n) is 6.08. The average Bonchev–Trinajstić information content (AvgIpc) is 2.50. The van der Waals surface area contributed by atoms with E-state index in [1.54, 1.807) is 0 Å². The number of hydrogen-bond acceptors (Lipinski definition) is 10. The SMILES string of the molecule is CC(=O)O[C@@H]1[C@@H](O)[C@H](C)O[C@@H](O[C@@H]2[C@@H](O)[C@@H](O)[C@@H](C)O[C@H]2O)[C@@H]1O. The van der Waals surface area contributed by atoms with Gasteiger partial charge in [-0.1, -0.05) is 0 Å². The molecule has 140 valence electrons. The molecule has 24 heavy (non-hydrogen) atoms. The van der Waals surface area contributed by atoms with Gasteiger partial charge in [0.2, 0.25) is 0 Å². The molecule has 0 spiro atoms. The van der Waals surface area contributed by atoms with Crippen LogP contribution >= 0.6 is 0 Å². The summed E-state index contributed by atoms with van der Waals surface area (Å²) in [6.45, 7) is 4.06. The molecule has 2 rings (SSSR count). The highest BCUT2D eigenvalue weighted by molar-refractivity contribution is 5.66. The van der Waals surface area contributed by atoms with Crippen molar-refractivity contribution in [3.8, 4) is 0 Å². The van der Waals surface area contributed by atoms with Crippen LogP contribution in [0.2, 0.25) is 0 Å². The van der Waals surface area contributed by atoms with Gasteiger partial charge in [-0.15, -0.1) is 0 Å². The lowest BCUT2D eigenvalue weighted by Gasteiger charge is -2.45. The maximum absolute atomic E-state index is 11.1. The summed E-state index contributed by atoms with van der Waals surface area (Å²) < 4.78 is 20.6. The van der Waals surface area contributed by atoms with Crippen LogP contribution in [0.1, 0.15) is 20.8 Å². The predicted octanol–water partition coefficient (Wildman–Crippen LogP) is -2.77. The highest BCUT2D eigenvalue weighted by atomic mass is 16.7. The number of esters is 1. The molecule has 5 N–H and O–H groups in total. The molecule has 0 saturated carbocycles. The Bertz CT molecular complexity index is 445. The van der Waals surface area contributed by atoms with E-state index < -0.39 is 67.4 Å². The molecule has 0 unspecified atom stereocenters. The van der Waals surface area contributed by atoms with E-state index in [1.165, 1.54) is 13.8 Å². The minimum absolute atomic E-state index is 0.712. The molecule has 2 fully saturated rings. The number of aliphatic hydroxyl groups excluding tert-OH is 5. The largest absolute Gasteiger partial charge is 0.457 e. The number of rotatable bonds is 3. The smallest absolute Gasteiger partial charge is 0.303 e. The van der Waals surface area contributed by atoms with Crippen LogP contribution in [-0.2, 0) is 23.7 Å². The highest BCUT2D eigenvalue weighted by Crippen LogP contribution is 2.29. The Kier molecular flexibility index (Phi) is 6.15. The predicted molar refractivity (Wildman–Crippen MR) is 75.3 cm³/mol. The summed E-state index contributed by atoms with van der Waals surface area (Å²) in [5.41, 5.74) is 0. The Labute approximate surface area is 138 Å². The van der Waals surface area contributed by atoms with Gasteiger partial charge in [0.1, 0.15) is 30.5 Å². The maximum Gasteiger partial charge on any atom is 0.303 e. The van der Waals surface area contributed by atoms with E-state index in [-0.39, 0.29) is 0 Å². The Morgan fingerprint density at radius 2 is 1.42 bits per heavy atom. The molecular formula is C14H24O10. The van der Waals surface area contributed by atoms with E-state index in [9.17, 15) is 30.3 Å². The summed E-state index contributed by atoms with van der Waals surface area (Å²) in [6.07, 6.45) is -13.0. The van der Waals surface area contributed by atoms with Crippen molar-refractivity contribution < 1.29 is 49.3 Å². The summed E-state index contributed by atoms with van der Waals surface area (Å²) in [4.78, 5) is 11.1. The molecule has 10 atom stereocenters. The Balaban J connectivity index is 2.11. The molecule has 10 heteroatoms. The zero-order chi connectivity index (χ0) is 18.2. The van der Waals surface area contributed by atoms with Gasteiger partial charge in [-0.3, -0.25) is 4.79 Å². The van der Waals surface area contributed by atoms with Gasteiger partial charge < -0.3 is 44.5 Å². The molecule has 0 aliphatic carbocycles. The van der Waals surface area contributed by atoms with Gasteiger partial charge in [0.15, 0.2) is 18.7 Å². The van der Waals surface area contributed by atoms with Crippen LogP contribution in [0.4, 0.5) is 0 Å². The van der Waals surface area contributed by atoms with Crippen molar-refractivity contribution in [3.05, 3.63) is 0 Å². The molecule has 0 bridgehead atoms. The van der Waals surface area contributed by atoms with E-state index in [0.29, 0.717) is 0 Å². The fraction of sp³-hybridized carbons (Fsp3) is 0.929. The van der Waals surface area contributed by atoms with Gasteiger partial charge in [0.05, 0.1) is 12.2 Å². The zero-order valence-corrected chi connectivity index (χ0v) is 13.6. The highest BCUT2D eigenvalue weighted by Gasteiger charge is 2.50. The number of carbonyl (C=O) groups excluding carboxylic acids is 1. The molecule has 2 aliphatic rings. The van der Waals surface area contributed by atoms with Crippen LogP contribution in [-0.4, -0.2) is 92.9 Å². The lowest BCUT2D eigenvalue weighted by atomic mass is 9.98. The van der Waals surface area contributed by atoms with E-state index in [4.69, 9.17) is 18.9 Å². The van der Waals surface area contributed by atoms with Crippen LogP contribution in [0.25, 0.3) is 0 Å². The van der Waals surface area contributed by atoms with Gasteiger partial charge in [-0.2, -0.15) is 0 Å². The Morgan fingerprint density at radius 3 is 2.00 bits per heavy atom. The Morgan fingerprint density at radius 1 is 0.833 bits per heavy atom. The van der Waals surface area contributed by atoms with E-state index in [0.717, 1.165) is 6.92 Å². The molecule has 2 aliphatic heterocycles. The van der Waals surface area contributed by atoms with Gasteiger partial charge >= 0.3 is 5.97 Å². The second-order valence-corrected chi connectivity index (χ2v) is 6.08. The fourth-order valence-corrected chi connectivity index (χ4v) is 2.76. The molecule has 0 aromatic rings. The normalized spacial score (nSPS) is 49.7. The van der Waals surface area contributed by atoms with E-state index >= 15 is 0 Å². The van der Waals surface area contributed by atoms with E-state index in [1.807, 2.05) is 0 Å². The first kappa shape index (κ1) is 19.5. The first-order chi connectivity index (χ1) is 11.1. The minimum Gasteiger partial charge on any atom is -0.457 e. The number of ether oxygens (including phenoxy) is 4. The molecule has 2 heterocycles. The average molecular weight is 352 g/mol. The molecule has 2 saturated heterocycles. The summed E-state index contributed by atoms with van der Waals surface area (Å²) >= 11 is 0. The first-order valence-corrected chi connectivity index (χ1v) is 7.67. The lowest BCUT2D eigenvalue weighted by molar-refractivity contribution is -0.356. The quantitative estimate of drug-likeness (QED) is 0.337. The van der Waals surface area contributed by atoms with Crippen molar-refractivity contribution in [2.45, 2.75) is 82.2 Å². The first-order valence-electron chi connectivity index (χ1n) is 7.67. The van der Waals surface area contributed by atoms with Gasteiger partial charge in [0.25, 0.3) is 0 Å². The molecular weight excluding hydrogens is 328 g/mol. The van der Waals surface area contributed by atoms with Crippen LogP contribution in [0.3, 0.4) is 0 Å². The third-order valence-electron chi connectivity index (χ3n) is 4.18. The monoisotopic (exact) mass is 352 g/mol. The zero-order valence-electron chi connectivity index (χ0n) is 13.6. The summed E-state index contributed by atoms with van der Waals surface area (Å²) in [6, 6.07) is 0. The van der Waals surface area contributed by atoms with Crippen LogP contribution in [0, 0.1) is 0 Å². The van der Waals surface area contributed by atoms with Crippen molar-refractivity contribution in [1.29, 1.82) is 0 Å². The van der Waals surface area contributed by atoms with Crippen molar-refractivity contribution in [2.75, 3.05) is 0 Å². The Hall–Kier alpha value is -0.850. The van der Waals surface area contributed by atoms with Gasteiger partial charge in [-0.05, 0) is 13.8 Å². The number of carbonyl (C=O) groups is 1. The molecule has 10 nitrogen and oxygen atoms in total. The van der Waals surface area contributed by atoms with Crippen molar-refractivity contribution in [1.82, 2.24) is 0 Å². The minimum atomic E-state index is -1.57. The number of hydrogen-bond donors (Lipinski definition) is 5. The number of aliphatic hydroxyl groups is 5. The van der Waals surface area contributed by atoms with Crippen molar-refractivity contribution >= 4 is 5.97 Å². The second kappa shape index (κ2) is 7.58. The van der Waals surface area contributed by atoms with Crippen LogP contribution in [0.5, 0.6) is 0 Å². The van der Waals surface area contributed by atoms with Crippen LogP contribution in [0.15, 0.2) is 0 Å². The van der Waals surface area contributed by atoms with Gasteiger partial charge in [0, 0.05) is 6.92 Å².